The van der Waals surface area contributed by atoms with Crippen LogP contribution in [0.2, 0.25) is 0 Å². The molecule has 1 heterocycles. The Labute approximate surface area is 180 Å². The number of nitrogens with zero attached hydrogens (tertiary/aromatic N) is 1. The second-order valence-electron chi connectivity index (χ2n) is 7.79. The van der Waals surface area contributed by atoms with Crippen molar-refractivity contribution in [3.05, 3.63) is 82.8 Å². The van der Waals surface area contributed by atoms with E-state index in [0.29, 0.717) is 51.8 Å². The maximum atomic E-state index is 13.8. The number of amides is 1. The molecule has 5 nitrogen and oxygen atoms in total. The molecule has 1 saturated carbocycles. The van der Waals surface area contributed by atoms with Gasteiger partial charge in [0.2, 0.25) is 0 Å². The van der Waals surface area contributed by atoms with Gasteiger partial charge >= 0.3 is 0 Å². The fourth-order valence-corrected chi connectivity index (χ4v) is 3.25. The maximum absolute atomic E-state index is 13.8. The predicted octanol–water partition coefficient (Wildman–Crippen LogP) is 4.73. The number of pyridine rings is 1. The van der Waals surface area contributed by atoms with Gasteiger partial charge in [0.25, 0.3) is 5.91 Å². The largest absolute Gasteiger partial charge is 0.492 e. The molecule has 31 heavy (non-hydrogen) atoms. The number of aryl methyl sites for hydroxylation is 1. The maximum Gasteiger partial charge on any atom is 0.255 e. The minimum absolute atomic E-state index is 0.186. The van der Waals surface area contributed by atoms with Crippen molar-refractivity contribution in [2.45, 2.75) is 26.3 Å². The van der Waals surface area contributed by atoms with Crippen molar-refractivity contribution in [3.8, 4) is 17.0 Å². The van der Waals surface area contributed by atoms with Crippen LogP contribution in [0.4, 0.5) is 4.39 Å². The van der Waals surface area contributed by atoms with E-state index in [0.717, 1.165) is 19.1 Å². The van der Waals surface area contributed by atoms with E-state index in [4.69, 9.17) is 4.74 Å². The Morgan fingerprint density at radius 1 is 1.23 bits per heavy atom. The normalized spacial score (nSPS) is 13.0. The lowest BCUT2D eigenvalue weighted by atomic mass is 10.0. The summed E-state index contributed by atoms with van der Waals surface area (Å²) < 4.78 is 19.7. The summed E-state index contributed by atoms with van der Waals surface area (Å²) in [6, 6.07) is 13.5. The Morgan fingerprint density at radius 3 is 2.81 bits per heavy atom. The van der Waals surface area contributed by atoms with Gasteiger partial charge in [-0.3, -0.25) is 14.6 Å². The molecule has 0 aliphatic heterocycles. The molecule has 1 aliphatic carbocycles. The minimum Gasteiger partial charge on any atom is -0.492 e. The Kier molecular flexibility index (Phi) is 6.07. The van der Waals surface area contributed by atoms with Crippen LogP contribution in [0.15, 0.2) is 54.7 Å². The highest BCUT2D eigenvalue weighted by Gasteiger charge is 2.23. The number of benzene rings is 2. The van der Waals surface area contributed by atoms with Crippen molar-refractivity contribution >= 4 is 12.2 Å². The van der Waals surface area contributed by atoms with Crippen LogP contribution in [-0.4, -0.2) is 23.8 Å². The average Bonchev–Trinajstić information content (AvgIpc) is 3.62. The second-order valence-corrected chi connectivity index (χ2v) is 7.79. The van der Waals surface area contributed by atoms with Gasteiger partial charge in [-0.1, -0.05) is 12.1 Å². The Hall–Kier alpha value is -3.54. The van der Waals surface area contributed by atoms with E-state index in [-0.39, 0.29) is 18.3 Å². The summed E-state index contributed by atoms with van der Waals surface area (Å²) in [5.41, 5.74) is 3.17. The van der Waals surface area contributed by atoms with Gasteiger partial charge in [-0.25, -0.2) is 4.39 Å². The molecule has 2 aromatic carbocycles. The number of nitrogens with one attached hydrogen (secondary N) is 1. The quantitative estimate of drug-likeness (QED) is 0.537. The summed E-state index contributed by atoms with van der Waals surface area (Å²) in [7, 11) is 0. The molecule has 0 unspecified atom stereocenters. The van der Waals surface area contributed by atoms with E-state index in [1.54, 1.807) is 55.6 Å². The summed E-state index contributed by atoms with van der Waals surface area (Å²) in [5.74, 6) is 0.367. The van der Waals surface area contributed by atoms with Crippen molar-refractivity contribution in [3.63, 3.8) is 0 Å². The molecule has 4 rings (SSSR count). The standard InChI is InChI=1S/C25H23FN2O3/c1-16-4-5-18(11-22(16)26)13-28-25(30)21-12-19(24-20(14-29)3-2-10-27-24)8-9-23(21)31-15-17-6-7-17/h2-5,8-12,14,17H,6-7,13,15H2,1H3,(H,28,30). The zero-order chi connectivity index (χ0) is 21.8. The van der Waals surface area contributed by atoms with Gasteiger partial charge in [-0.2, -0.15) is 0 Å². The van der Waals surface area contributed by atoms with Gasteiger partial charge in [-0.05, 0) is 73.2 Å². The number of rotatable bonds is 8. The lowest BCUT2D eigenvalue weighted by Crippen LogP contribution is -2.24. The van der Waals surface area contributed by atoms with Crippen molar-refractivity contribution in [2.75, 3.05) is 6.61 Å². The van der Waals surface area contributed by atoms with E-state index >= 15 is 0 Å². The highest BCUT2D eigenvalue weighted by Crippen LogP contribution is 2.32. The van der Waals surface area contributed by atoms with Gasteiger partial charge < -0.3 is 10.1 Å². The number of carbonyl (C=O) groups is 2. The van der Waals surface area contributed by atoms with Crippen LogP contribution >= 0.6 is 0 Å². The smallest absolute Gasteiger partial charge is 0.255 e. The molecule has 0 bridgehead atoms. The Morgan fingerprint density at radius 2 is 2.06 bits per heavy atom. The second kappa shape index (κ2) is 9.08. The molecule has 1 amide bonds. The van der Waals surface area contributed by atoms with Gasteiger partial charge in [0.15, 0.2) is 6.29 Å². The molecule has 0 radical (unpaired) electrons. The van der Waals surface area contributed by atoms with Crippen LogP contribution < -0.4 is 10.1 Å². The third kappa shape index (κ3) is 4.97. The first-order valence-electron chi connectivity index (χ1n) is 10.3. The summed E-state index contributed by atoms with van der Waals surface area (Å²) >= 11 is 0. The van der Waals surface area contributed by atoms with Crippen LogP contribution in [0, 0.1) is 18.7 Å². The molecule has 1 N–H and O–H groups in total. The summed E-state index contributed by atoms with van der Waals surface area (Å²) in [6.45, 7) is 2.44. The first-order valence-corrected chi connectivity index (χ1v) is 10.3. The number of ether oxygens (including phenoxy) is 1. The van der Waals surface area contributed by atoms with Crippen LogP contribution in [0.25, 0.3) is 11.3 Å². The Balaban J connectivity index is 1.60. The van der Waals surface area contributed by atoms with Crippen molar-refractivity contribution in [1.29, 1.82) is 0 Å². The Bertz CT molecular complexity index is 1130. The number of halogens is 1. The highest BCUT2D eigenvalue weighted by atomic mass is 19.1. The van der Waals surface area contributed by atoms with Gasteiger partial charge in [0.05, 0.1) is 17.9 Å². The van der Waals surface area contributed by atoms with Crippen LogP contribution in [0.1, 0.15) is 44.7 Å². The zero-order valence-corrected chi connectivity index (χ0v) is 17.2. The monoisotopic (exact) mass is 418 g/mol. The first kappa shape index (κ1) is 20.7. The van der Waals surface area contributed by atoms with E-state index in [1.165, 1.54) is 6.07 Å². The third-order valence-electron chi connectivity index (χ3n) is 5.32. The molecule has 0 spiro atoms. The van der Waals surface area contributed by atoms with Crippen molar-refractivity contribution < 1.29 is 18.7 Å². The van der Waals surface area contributed by atoms with Crippen LogP contribution in [0.3, 0.4) is 0 Å². The highest BCUT2D eigenvalue weighted by molar-refractivity contribution is 5.98. The lowest BCUT2D eigenvalue weighted by molar-refractivity contribution is 0.0946. The van der Waals surface area contributed by atoms with E-state index in [9.17, 15) is 14.0 Å². The molecule has 1 aliphatic rings. The molecule has 3 aromatic rings. The number of hydrogen-bond donors (Lipinski definition) is 1. The molecule has 158 valence electrons. The predicted molar refractivity (Wildman–Crippen MR) is 116 cm³/mol. The minimum atomic E-state index is -0.336. The third-order valence-corrected chi connectivity index (χ3v) is 5.32. The fraction of sp³-hybridized carbons (Fsp3) is 0.240. The number of aldehydes is 1. The van der Waals surface area contributed by atoms with Gasteiger partial charge in [0, 0.05) is 23.9 Å². The molecule has 1 fully saturated rings. The zero-order valence-electron chi connectivity index (χ0n) is 17.2. The van der Waals surface area contributed by atoms with E-state index in [2.05, 4.69) is 10.3 Å². The molecule has 0 atom stereocenters. The van der Waals surface area contributed by atoms with E-state index in [1.807, 2.05) is 0 Å². The summed E-state index contributed by atoms with van der Waals surface area (Å²) in [4.78, 5) is 28.7. The average molecular weight is 418 g/mol. The van der Waals surface area contributed by atoms with Gasteiger partial charge in [0.1, 0.15) is 11.6 Å². The topological polar surface area (TPSA) is 68.3 Å². The van der Waals surface area contributed by atoms with Crippen LogP contribution in [-0.2, 0) is 6.54 Å². The van der Waals surface area contributed by atoms with E-state index < -0.39 is 0 Å². The molecule has 6 heteroatoms. The fourth-order valence-electron chi connectivity index (χ4n) is 3.25. The number of carbonyl (C=O) groups excluding carboxylic acids is 2. The summed E-state index contributed by atoms with van der Waals surface area (Å²) in [6.07, 6.45) is 4.61. The lowest BCUT2D eigenvalue weighted by Gasteiger charge is -2.14. The van der Waals surface area contributed by atoms with Gasteiger partial charge in [-0.15, -0.1) is 0 Å². The number of aromatic nitrogens is 1. The molecular weight excluding hydrogens is 395 g/mol. The summed E-state index contributed by atoms with van der Waals surface area (Å²) in [5, 5.41) is 2.84. The number of hydrogen-bond acceptors (Lipinski definition) is 4. The molecule has 0 saturated heterocycles. The van der Waals surface area contributed by atoms with Crippen LogP contribution in [0.5, 0.6) is 5.75 Å². The first-order chi connectivity index (χ1) is 15.0. The molecular formula is C25H23FN2O3. The van der Waals surface area contributed by atoms with Crippen molar-refractivity contribution in [1.82, 2.24) is 10.3 Å². The SMILES string of the molecule is Cc1ccc(CNC(=O)c2cc(-c3ncccc3C=O)ccc2OCC2CC2)cc1F. The van der Waals surface area contributed by atoms with Crippen molar-refractivity contribution in [2.24, 2.45) is 5.92 Å². The molecule has 1 aromatic heterocycles.